The zero-order valence-corrected chi connectivity index (χ0v) is 29.5. The highest BCUT2D eigenvalue weighted by molar-refractivity contribution is 6.32. The van der Waals surface area contributed by atoms with Crippen molar-refractivity contribution in [1.29, 1.82) is 0 Å². The number of fused-ring (bicyclic) bond motifs is 2. The Morgan fingerprint density at radius 2 is 1.20 bits per heavy atom. The zero-order valence-electron chi connectivity index (χ0n) is 28.7. The van der Waals surface area contributed by atoms with Gasteiger partial charge < -0.3 is 18.6 Å². The smallest absolute Gasteiger partial charge is 0.253 e. The molecule has 9 heteroatoms. The molecule has 0 N–H and O–H groups in total. The van der Waals surface area contributed by atoms with Gasteiger partial charge in [-0.15, -0.1) is 0 Å². The fraction of sp³-hybridized carbons (Fsp3) is 0.400. The third-order valence-electron chi connectivity index (χ3n) is 9.85. The SMILES string of the molecule is Cc1cc(-c2cc(Cl)c3c(c2)CCC(=O)C3)cn(C)c1=O.Cc1cc(-c2cc3c(c(COC4CCOCC4)c2)CC(=O)CC3)cn(C)c1=O. The monoisotopic (exact) mass is 682 g/mol. The average Bonchev–Trinajstić information content (AvgIpc) is 3.09. The summed E-state index contributed by atoms with van der Waals surface area (Å²) in [6, 6.07) is 12.1. The fourth-order valence-electron chi connectivity index (χ4n) is 7.06. The van der Waals surface area contributed by atoms with Gasteiger partial charge in [0.2, 0.25) is 0 Å². The van der Waals surface area contributed by atoms with Crippen LogP contribution in [0.15, 0.2) is 58.4 Å². The van der Waals surface area contributed by atoms with E-state index >= 15 is 0 Å². The van der Waals surface area contributed by atoms with Gasteiger partial charge in [0, 0.05) is 81.5 Å². The minimum absolute atomic E-state index is 0.00778. The van der Waals surface area contributed by atoms with Crippen molar-refractivity contribution in [1.82, 2.24) is 9.13 Å². The number of rotatable bonds is 5. The lowest BCUT2D eigenvalue weighted by Gasteiger charge is -2.25. The summed E-state index contributed by atoms with van der Waals surface area (Å²) in [5, 5.41) is 0.641. The van der Waals surface area contributed by atoms with Crippen molar-refractivity contribution in [2.75, 3.05) is 13.2 Å². The van der Waals surface area contributed by atoms with Crippen molar-refractivity contribution in [3.05, 3.63) is 113 Å². The molecule has 0 radical (unpaired) electrons. The second-order valence-corrected chi connectivity index (χ2v) is 14.0. The van der Waals surface area contributed by atoms with E-state index in [-0.39, 0.29) is 23.0 Å². The summed E-state index contributed by atoms with van der Waals surface area (Å²) in [5.41, 5.74) is 11.1. The summed E-state index contributed by atoms with van der Waals surface area (Å²) in [6.07, 6.45) is 9.38. The predicted octanol–water partition coefficient (Wildman–Crippen LogP) is 6.19. The van der Waals surface area contributed by atoms with Crippen LogP contribution in [0.5, 0.6) is 0 Å². The average molecular weight is 683 g/mol. The molecule has 1 fully saturated rings. The largest absolute Gasteiger partial charge is 0.381 e. The van der Waals surface area contributed by atoms with Crippen LogP contribution in [-0.4, -0.2) is 40.0 Å². The molecule has 2 aromatic carbocycles. The van der Waals surface area contributed by atoms with E-state index in [1.165, 1.54) is 5.56 Å². The van der Waals surface area contributed by atoms with E-state index < -0.39 is 0 Å². The van der Waals surface area contributed by atoms with Crippen LogP contribution in [0.4, 0.5) is 0 Å². The van der Waals surface area contributed by atoms with E-state index in [4.69, 9.17) is 21.1 Å². The number of aryl methyl sites for hydroxylation is 6. The molecule has 2 aromatic heterocycles. The number of hydrogen-bond acceptors (Lipinski definition) is 6. The molecule has 4 aromatic rings. The zero-order chi connectivity index (χ0) is 34.8. The summed E-state index contributed by atoms with van der Waals surface area (Å²) in [4.78, 5) is 47.5. The highest BCUT2D eigenvalue weighted by atomic mass is 35.5. The summed E-state index contributed by atoms with van der Waals surface area (Å²) in [5.74, 6) is 0.542. The standard InChI is InChI=1S/C23H27NO4.C17H16ClNO2/c1-15-9-18(13-24(2)23(15)26)17-10-16-3-4-20(25)12-22(16)19(11-17)14-28-21-5-7-27-8-6-21;1-10-5-13(9-19(2)17(10)21)12-6-11-3-4-14(20)8-15(11)16(18)7-12/h9-11,13,21H,3-8,12,14H2,1-2H3;5-7,9H,3-4,8H2,1-2H3. The second-order valence-electron chi connectivity index (χ2n) is 13.6. The van der Waals surface area contributed by atoms with Gasteiger partial charge in [0.25, 0.3) is 11.1 Å². The molecule has 0 saturated carbocycles. The maximum absolute atomic E-state index is 12.1. The number of carbonyl (C=O) groups is 2. The number of ether oxygens (including phenoxy) is 2. The Hall–Kier alpha value is -4.11. The Bertz CT molecular complexity index is 2000. The first-order valence-electron chi connectivity index (χ1n) is 17.0. The Kier molecular flexibility index (Phi) is 10.5. The van der Waals surface area contributed by atoms with Gasteiger partial charge >= 0.3 is 0 Å². The van der Waals surface area contributed by atoms with Gasteiger partial charge in [0.15, 0.2) is 0 Å². The molecule has 256 valence electrons. The van der Waals surface area contributed by atoms with Crippen LogP contribution in [0.2, 0.25) is 5.02 Å². The topological polar surface area (TPSA) is 96.6 Å². The van der Waals surface area contributed by atoms with Crippen LogP contribution in [0, 0.1) is 13.8 Å². The van der Waals surface area contributed by atoms with Crippen LogP contribution in [-0.2, 0) is 65.4 Å². The minimum atomic E-state index is 0.00778. The molecule has 0 unspecified atom stereocenters. The molecule has 3 aliphatic rings. The first-order valence-corrected chi connectivity index (χ1v) is 17.4. The van der Waals surface area contributed by atoms with E-state index in [0.717, 1.165) is 89.0 Å². The lowest BCUT2D eigenvalue weighted by atomic mass is 9.85. The van der Waals surface area contributed by atoms with E-state index in [1.807, 2.05) is 44.4 Å². The van der Waals surface area contributed by atoms with Crippen LogP contribution < -0.4 is 11.1 Å². The van der Waals surface area contributed by atoms with Gasteiger partial charge in [-0.25, -0.2) is 0 Å². The van der Waals surface area contributed by atoms with Crippen molar-refractivity contribution >= 4 is 23.2 Å². The maximum atomic E-state index is 12.1. The van der Waals surface area contributed by atoms with E-state index in [1.54, 1.807) is 23.2 Å². The highest BCUT2D eigenvalue weighted by Crippen LogP contribution is 2.33. The predicted molar refractivity (Wildman–Crippen MR) is 191 cm³/mol. The molecule has 0 bridgehead atoms. The number of benzene rings is 2. The Morgan fingerprint density at radius 1 is 0.694 bits per heavy atom. The number of aromatic nitrogens is 2. The third-order valence-corrected chi connectivity index (χ3v) is 10.2. The summed E-state index contributed by atoms with van der Waals surface area (Å²) >= 11 is 6.35. The first kappa shape index (κ1) is 34.7. The Balaban J connectivity index is 0.000000177. The molecular formula is C40H43ClN2O6. The number of pyridine rings is 2. The lowest BCUT2D eigenvalue weighted by molar-refractivity contribution is -0.119. The Labute approximate surface area is 291 Å². The van der Waals surface area contributed by atoms with Crippen molar-refractivity contribution in [2.24, 2.45) is 14.1 Å². The summed E-state index contributed by atoms with van der Waals surface area (Å²) in [7, 11) is 3.53. The molecular weight excluding hydrogens is 640 g/mol. The van der Waals surface area contributed by atoms with Gasteiger partial charge in [0.05, 0.1) is 12.7 Å². The molecule has 0 spiro atoms. The maximum Gasteiger partial charge on any atom is 0.253 e. The summed E-state index contributed by atoms with van der Waals surface area (Å²) in [6.45, 7) is 5.67. The highest BCUT2D eigenvalue weighted by Gasteiger charge is 2.23. The van der Waals surface area contributed by atoms with Crippen molar-refractivity contribution in [2.45, 2.75) is 77.9 Å². The van der Waals surface area contributed by atoms with E-state index in [9.17, 15) is 19.2 Å². The first-order chi connectivity index (χ1) is 23.5. The Morgan fingerprint density at radius 3 is 1.76 bits per heavy atom. The normalized spacial score (nSPS) is 16.1. The molecule has 1 saturated heterocycles. The van der Waals surface area contributed by atoms with Crippen molar-refractivity contribution in [3.63, 3.8) is 0 Å². The number of ketones is 2. The molecule has 1 aliphatic heterocycles. The molecule has 0 amide bonds. The number of hydrogen-bond donors (Lipinski definition) is 0. The molecule has 3 heterocycles. The van der Waals surface area contributed by atoms with Gasteiger partial charge in [-0.1, -0.05) is 23.7 Å². The summed E-state index contributed by atoms with van der Waals surface area (Å²) < 4.78 is 14.8. The number of nitrogens with zero attached hydrogens (tertiary/aromatic N) is 2. The van der Waals surface area contributed by atoms with E-state index in [0.29, 0.717) is 48.7 Å². The van der Waals surface area contributed by atoms with Gasteiger partial charge in [-0.05, 0) is 114 Å². The third kappa shape index (κ3) is 7.88. The number of carbonyl (C=O) groups excluding carboxylic acids is 2. The van der Waals surface area contributed by atoms with Crippen LogP contribution in [0.3, 0.4) is 0 Å². The number of Topliss-reactive ketones (excluding diaryl/α,β-unsaturated/α-hetero) is 2. The molecule has 49 heavy (non-hydrogen) atoms. The molecule has 7 rings (SSSR count). The van der Waals surface area contributed by atoms with Gasteiger partial charge in [-0.3, -0.25) is 19.2 Å². The van der Waals surface area contributed by atoms with E-state index in [2.05, 4.69) is 18.2 Å². The molecule has 2 aliphatic carbocycles. The number of halogens is 1. The molecule has 0 atom stereocenters. The fourth-order valence-corrected chi connectivity index (χ4v) is 7.37. The molecule has 8 nitrogen and oxygen atoms in total. The van der Waals surface area contributed by atoms with Crippen LogP contribution >= 0.6 is 11.6 Å². The second kappa shape index (κ2) is 14.8. The lowest BCUT2D eigenvalue weighted by Crippen LogP contribution is -2.24. The van der Waals surface area contributed by atoms with Gasteiger partial charge in [-0.2, -0.15) is 0 Å². The quantitative estimate of drug-likeness (QED) is 0.249. The minimum Gasteiger partial charge on any atom is -0.381 e. The van der Waals surface area contributed by atoms with Crippen LogP contribution in [0.25, 0.3) is 22.3 Å². The van der Waals surface area contributed by atoms with Crippen molar-refractivity contribution in [3.8, 4) is 22.3 Å². The van der Waals surface area contributed by atoms with Crippen LogP contribution in [0.1, 0.15) is 64.6 Å². The van der Waals surface area contributed by atoms with Gasteiger partial charge in [0.1, 0.15) is 11.6 Å². The van der Waals surface area contributed by atoms with Crippen molar-refractivity contribution < 1.29 is 19.1 Å².